The second-order valence-corrected chi connectivity index (χ2v) is 15.3. The largest absolute Gasteiger partial charge is 0.547 e. The van der Waals surface area contributed by atoms with Crippen molar-refractivity contribution in [1.29, 1.82) is 0 Å². The molecule has 0 bridgehead atoms. The average molecular weight is 401 g/mol. The third-order valence-corrected chi connectivity index (χ3v) is 8.91. The molecule has 5 aliphatic rings. The first-order valence-electron chi connectivity index (χ1n) is 11.3. The Kier molecular flexibility index (Phi) is 4.32. The van der Waals surface area contributed by atoms with Crippen LogP contribution in [0.5, 0.6) is 0 Å². The molecule has 0 aromatic heterocycles. The van der Waals surface area contributed by atoms with E-state index in [9.17, 15) is 0 Å². The standard InChI is InChI=1S/C24H36O3Si/c1-16-18-9-10-23(2)21(6-7-22(23)27-28(3,4)5)19(18)14-17-8-11-24(15-20(16)17)25-12-13-26-24/h7,9,17,19,21H,6,8,10-15H2,1-5H3/t17?,19?,21?,23-/m1/s1. The number of ether oxygens (including phenoxy) is 2. The highest BCUT2D eigenvalue weighted by Crippen LogP contribution is 2.61. The Balaban J connectivity index is 1.45. The maximum absolute atomic E-state index is 6.57. The second kappa shape index (κ2) is 6.33. The number of hydrogen-bond donors (Lipinski definition) is 0. The van der Waals surface area contributed by atoms with E-state index in [1.807, 2.05) is 0 Å². The van der Waals surface area contributed by atoms with Crippen molar-refractivity contribution in [2.45, 2.75) is 77.8 Å². The van der Waals surface area contributed by atoms with Crippen molar-refractivity contribution in [1.82, 2.24) is 0 Å². The Bertz CT molecular complexity index is 765. The molecule has 0 radical (unpaired) electrons. The van der Waals surface area contributed by atoms with Gasteiger partial charge in [0.1, 0.15) is 0 Å². The van der Waals surface area contributed by atoms with Crippen LogP contribution in [0.4, 0.5) is 0 Å². The van der Waals surface area contributed by atoms with Crippen LogP contribution >= 0.6 is 0 Å². The zero-order valence-electron chi connectivity index (χ0n) is 18.3. The second-order valence-electron chi connectivity index (χ2n) is 10.9. The monoisotopic (exact) mass is 400 g/mol. The summed E-state index contributed by atoms with van der Waals surface area (Å²) >= 11 is 0. The Morgan fingerprint density at radius 2 is 1.89 bits per heavy atom. The van der Waals surface area contributed by atoms with E-state index in [-0.39, 0.29) is 11.2 Å². The van der Waals surface area contributed by atoms with Crippen LogP contribution in [0.1, 0.15) is 52.4 Å². The predicted octanol–water partition coefficient (Wildman–Crippen LogP) is 5.96. The Labute approximate surface area is 171 Å². The molecule has 2 fully saturated rings. The van der Waals surface area contributed by atoms with E-state index < -0.39 is 8.32 Å². The van der Waals surface area contributed by atoms with Gasteiger partial charge in [-0.1, -0.05) is 18.6 Å². The van der Waals surface area contributed by atoms with Gasteiger partial charge in [-0.25, -0.2) is 0 Å². The van der Waals surface area contributed by atoms with Gasteiger partial charge in [-0.2, -0.15) is 0 Å². The first-order chi connectivity index (χ1) is 13.2. The summed E-state index contributed by atoms with van der Waals surface area (Å²) in [5.41, 5.74) is 5.01. The lowest BCUT2D eigenvalue weighted by molar-refractivity contribution is -0.172. The molecule has 0 aromatic carbocycles. The normalized spacial score (nSPS) is 39.2. The maximum Gasteiger partial charge on any atom is 0.241 e. The molecule has 0 N–H and O–H groups in total. The van der Waals surface area contributed by atoms with Gasteiger partial charge in [0.2, 0.25) is 8.32 Å². The molecule has 5 rings (SSSR count). The van der Waals surface area contributed by atoms with E-state index in [0.29, 0.717) is 17.8 Å². The molecule has 1 saturated heterocycles. The molecule has 4 atom stereocenters. The smallest absolute Gasteiger partial charge is 0.241 e. The SMILES string of the molecule is CC1=C2CC3(CCC2CC2C1=CC[C@@]1(C)C(O[Si](C)(C)C)=CCC21)OCCO3. The molecule has 154 valence electrons. The predicted molar refractivity (Wildman–Crippen MR) is 114 cm³/mol. The molecule has 1 heterocycles. The Morgan fingerprint density at radius 3 is 2.61 bits per heavy atom. The van der Waals surface area contributed by atoms with Crippen LogP contribution < -0.4 is 0 Å². The van der Waals surface area contributed by atoms with Crippen LogP contribution in [0.25, 0.3) is 0 Å². The molecule has 4 aliphatic carbocycles. The molecule has 0 amide bonds. The van der Waals surface area contributed by atoms with Gasteiger partial charge in [0.25, 0.3) is 0 Å². The molecule has 3 nitrogen and oxygen atoms in total. The fourth-order valence-electron chi connectivity index (χ4n) is 6.70. The third-order valence-electron chi connectivity index (χ3n) is 8.08. The first-order valence-corrected chi connectivity index (χ1v) is 14.7. The summed E-state index contributed by atoms with van der Waals surface area (Å²) in [7, 11) is -1.58. The fraction of sp³-hybridized carbons (Fsp3) is 0.750. The van der Waals surface area contributed by atoms with Gasteiger partial charge < -0.3 is 13.9 Å². The highest BCUT2D eigenvalue weighted by atomic mass is 28.4. The lowest BCUT2D eigenvalue weighted by Crippen LogP contribution is -2.43. The van der Waals surface area contributed by atoms with Crippen molar-refractivity contribution in [3.05, 3.63) is 34.6 Å². The van der Waals surface area contributed by atoms with E-state index in [2.05, 4.69) is 45.6 Å². The number of hydrogen-bond acceptors (Lipinski definition) is 3. The molecule has 1 spiro atoms. The summed E-state index contributed by atoms with van der Waals surface area (Å²) in [6, 6.07) is 0. The lowest BCUT2D eigenvalue weighted by atomic mass is 9.56. The van der Waals surface area contributed by atoms with Gasteiger partial charge in [0.05, 0.1) is 19.0 Å². The zero-order chi connectivity index (χ0) is 19.7. The summed E-state index contributed by atoms with van der Waals surface area (Å²) in [6.07, 6.45) is 11.9. The highest BCUT2D eigenvalue weighted by molar-refractivity contribution is 6.70. The van der Waals surface area contributed by atoms with Crippen LogP contribution in [0.2, 0.25) is 19.6 Å². The van der Waals surface area contributed by atoms with Crippen molar-refractivity contribution in [2.75, 3.05) is 13.2 Å². The molecule has 1 saturated carbocycles. The lowest BCUT2D eigenvalue weighted by Gasteiger charge is -2.50. The molecule has 3 unspecified atom stereocenters. The van der Waals surface area contributed by atoms with E-state index >= 15 is 0 Å². The molecular weight excluding hydrogens is 364 g/mol. The van der Waals surface area contributed by atoms with Crippen LogP contribution in [0.3, 0.4) is 0 Å². The first kappa shape index (κ1) is 19.1. The van der Waals surface area contributed by atoms with Crippen LogP contribution in [0.15, 0.2) is 34.6 Å². The molecule has 28 heavy (non-hydrogen) atoms. The number of rotatable bonds is 2. The topological polar surface area (TPSA) is 27.7 Å². The number of fused-ring (bicyclic) bond motifs is 4. The minimum Gasteiger partial charge on any atom is -0.547 e. The van der Waals surface area contributed by atoms with E-state index in [4.69, 9.17) is 13.9 Å². The zero-order valence-corrected chi connectivity index (χ0v) is 19.3. The Morgan fingerprint density at radius 1 is 1.14 bits per heavy atom. The third kappa shape index (κ3) is 2.90. The van der Waals surface area contributed by atoms with Gasteiger partial charge in [0, 0.05) is 18.3 Å². The van der Waals surface area contributed by atoms with Gasteiger partial charge in [0.15, 0.2) is 5.79 Å². The highest BCUT2D eigenvalue weighted by Gasteiger charge is 2.53. The van der Waals surface area contributed by atoms with Gasteiger partial charge in [-0.3, -0.25) is 0 Å². The van der Waals surface area contributed by atoms with Gasteiger partial charge in [-0.15, -0.1) is 0 Å². The maximum atomic E-state index is 6.57. The molecule has 1 aliphatic heterocycles. The molecular formula is C24H36O3Si. The van der Waals surface area contributed by atoms with Crippen molar-refractivity contribution in [2.24, 2.45) is 23.2 Å². The minimum absolute atomic E-state index is 0.194. The summed E-state index contributed by atoms with van der Waals surface area (Å²) in [5, 5.41) is 0. The molecule has 4 heteroatoms. The van der Waals surface area contributed by atoms with E-state index in [1.165, 1.54) is 25.0 Å². The Hall–Kier alpha value is -0.843. The van der Waals surface area contributed by atoms with Crippen molar-refractivity contribution in [3.8, 4) is 0 Å². The van der Waals surface area contributed by atoms with Crippen LogP contribution in [0, 0.1) is 23.2 Å². The summed E-state index contributed by atoms with van der Waals surface area (Å²) in [6.45, 7) is 13.3. The van der Waals surface area contributed by atoms with Gasteiger partial charge >= 0.3 is 0 Å². The van der Waals surface area contributed by atoms with Gasteiger partial charge in [-0.05, 0) is 87.2 Å². The average Bonchev–Trinajstić information content (AvgIpc) is 3.20. The quantitative estimate of drug-likeness (QED) is 0.535. The number of allylic oxidation sites excluding steroid dienone is 5. The summed E-state index contributed by atoms with van der Waals surface area (Å²) < 4.78 is 18.7. The molecule has 0 aromatic rings. The van der Waals surface area contributed by atoms with Crippen LogP contribution in [-0.2, 0) is 13.9 Å². The van der Waals surface area contributed by atoms with Crippen LogP contribution in [-0.4, -0.2) is 27.3 Å². The van der Waals surface area contributed by atoms with Crippen molar-refractivity contribution >= 4 is 8.32 Å². The minimum atomic E-state index is -1.58. The van der Waals surface area contributed by atoms with Crippen molar-refractivity contribution < 1.29 is 13.9 Å². The van der Waals surface area contributed by atoms with E-state index in [1.54, 1.807) is 16.7 Å². The fourth-order valence-corrected chi connectivity index (χ4v) is 7.67. The van der Waals surface area contributed by atoms with Crippen molar-refractivity contribution in [3.63, 3.8) is 0 Å². The summed E-state index contributed by atoms with van der Waals surface area (Å²) in [5.74, 6) is 3.09. The van der Waals surface area contributed by atoms with E-state index in [0.717, 1.165) is 32.5 Å². The summed E-state index contributed by atoms with van der Waals surface area (Å²) in [4.78, 5) is 0.